The Kier molecular flexibility index (Phi) is 4.55. The van der Waals surface area contributed by atoms with Crippen molar-refractivity contribution < 1.29 is 4.74 Å². The SMILES string of the molecule is CCNCc1cc(N2CC(C)OCC2C)ccn1. The molecule has 1 aliphatic rings. The van der Waals surface area contributed by atoms with Gasteiger partial charge in [-0.2, -0.15) is 0 Å². The summed E-state index contributed by atoms with van der Waals surface area (Å²) >= 11 is 0. The molecular formula is C14H23N3O. The predicted octanol–water partition coefficient (Wildman–Crippen LogP) is 1.80. The highest BCUT2D eigenvalue weighted by molar-refractivity contribution is 5.48. The lowest BCUT2D eigenvalue weighted by atomic mass is 10.1. The van der Waals surface area contributed by atoms with E-state index in [1.54, 1.807) is 0 Å². The van der Waals surface area contributed by atoms with Crippen LogP contribution in [-0.4, -0.2) is 36.8 Å². The normalized spacial score (nSPS) is 24.3. The molecule has 1 aliphatic heterocycles. The molecular weight excluding hydrogens is 226 g/mol. The Bertz CT molecular complexity index is 383. The standard InChI is InChI=1S/C14H23N3O/c1-4-15-8-13-7-14(5-6-16-13)17-9-12(3)18-10-11(17)2/h5-7,11-12,15H,4,8-10H2,1-3H3. The van der Waals surface area contributed by atoms with Crippen LogP contribution in [0.4, 0.5) is 5.69 Å². The highest BCUT2D eigenvalue weighted by Crippen LogP contribution is 2.21. The van der Waals surface area contributed by atoms with Gasteiger partial charge in [0.1, 0.15) is 0 Å². The average Bonchev–Trinajstić information content (AvgIpc) is 2.39. The Morgan fingerprint density at radius 2 is 2.33 bits per heavy atom. The van der Waals surface area contributed by atoms with E-state index in [0.29, 0.717) is 12.1 Å². The highest BCUT2D eigenvalue weighted by atomic mass is 16.5. The van der Waals surface area contributed by atoms with Crippen LogP contribution >= 0.6 is 0 Å². The molecule has 2 heterocycles. The second-order valence-electron chi connectivity index (χ2n) is 4.93. The number of pyridine rings is 1. The minimum absolute atomic E-state index is 0.298. The summed E-state index contributed by atoms with van der Waals surface area (Å²) in [6.07, 6.45) is 2.20. The first kappa shape index (κ1) is 13.3. The van der Waals surface area contributed by atoms with Crippen LogP contribution in [0.2, 0.25) is 0 Å². The highest BCUT2D eigenvalue weighted by Gasteiger charge is 2.23. The molecule has 18 heavy (non-hydrogen) atoms. The summed E-state index contributed by atoms with van der Waals surface area (Å²) in [5.74, 6) is 0. The molecule has 1 N–H and O–H groups in total. The van der Waals surface area contributed by atoms with E-state index in [9.17, 15) is 0 Å². The van der Waals surface area contributed by atoms with Gasteiger partial charge >= 0.3 is 0 Å². The maximum atomic E-state index is 5.67. The zero-order chi connectivity index (χ0) is 13.0. The summed E-state index contributed by atoms with van der Waals surface area (Å²) in [4.78, 5) is 6.80. The lowest BCUT2D eigenvalue weighted by Crippen LogP contribution is -2.47. The Morgan fingerprint density at radius 3 is 3.11 bits per heavy atom. The monoisotopic (exact) mass is 249 g/mol. The van der Waals surface area contributed by atoms with Crippen molar-refractivity contribution in [3.05, 3.63) is 24.0 Å². The van der Waals surface area contributed by atoms with E-state index in [4.69, 9.17) is 4.74 Å². The molecule has 0 bridgehead atoms. The Morgan fingerprint density at radius 1 is 1.50 bits per heavy atom. The molecule has 1 aromatic rings. The minimum Gasteiger partial charge on any atom is -0.375 e. The molecule has 1 aromatic heterocycles. The van der Waals surface area contributed by atoms with Gasteiger partial charge in [0.25, 0.3) is 0 Å². The van der Waals surface area contributed by atoms with E-state index in [1.165, 1.54) is 5.69 Å². The fourth-order valence-electron chi connectivity index (χ4n) is 2.26. The molecule has 0 spiro atoms. The van der Waals surface area contributed by atoms with Gasteiger partial charge in [-0.05, 0) is 32.5 Å². The molecule has 4 nitrogen and oxygen atoms in total. The van der Waals surface area contributed by atoms with Gasteiger partial charge in [-0.25, -0.2) is 0 Å². The molecule has 1 saturated heterocycles. The third-order valence-corrected chi connectivity index (χ3v) is 3.30. The van der Waals surface area contributed by atoms with Gasteiger partial charge in [0.15, 0.2) is 0 Å². The van der Waals surface area contributed by atoms with Gasteiger partial charge in [0.2, 0.25) is 0 Å². The fourth-order valence-corrected chi connectivity index (χ4v) is 2.26. The van der Waals surface area contributed by atoms with E-state index >= 15 is 0 Å². The number of hydrogen-bond donors (Lipinski definition) is 1. The van der Waals surface area contributed by atoms with Gasteiger partial charge in [0, 0.05) is 31.0 Å². The van der Waals surface area contributed by atoms with Crippen molar-refractivity contribution >= 4 is 5.69 Å². The largest absolute Gasteiger partial charge is 0.375 e. The maximum absolute atomic E-state index is 5.67. The van der Waals surface area contributed by atoms with Gasteiger partial charge in [-0.1, -0.05) is 6.92 Å². The van der Waals surface area contributed by atoms with Crippen LogP contribution in [0, 0.1) is 0 Å². The minimum atomic E-state index is 0.298. The maximum Gasteiger partial charge on any atom is 0.0723 e. The van der Waals surface area contributed by atoms with Crippen LogP contribution < -0.4 is 10.2 Å². The molecule has 2 rings (SSSR count). The molecule has 0 radical (unpaired) electrons. The predicted molar refractivity (Wildman–Crippen MR) is 73.8 cm³/mol. The first-order valence-electron chi connectivity index (χ1n) is 6.74. The van der Waals surface area contributed by atoms with E-state index in [1.807, 2.05) is 6.20 Å². The van der Waals surface area contributed by atoms with Crippen molar-refractivity contribution in [3.63, 3.8) is 0 Å². The number of rotatable bonds is 4. The smallest absolute Gasteiger partial charge is 0.0723 e. The number of hydrogen-bond acceptors (Lipinski definition) is 4. The Balaban J connectivity index is 2.11. The topological polar surface area (TPSA) is 37.4 Å². The zero-order valence-corrected chi connectivity index (χ0v) is 11.5. The Labute approximate surface area is 109 Å². The number of aromatic nitrogens is 1. The van der Waals surface area contributed by atoms with Crippen LogP contribution in [0.1, 0.15) is 26.5 Å². The summed E-state index contributed by atoms with van der Waals surface area (Å²) < 4.78 is 5.67. The van der Waals surface area contributed by atoms with Crippen LogP contribution in [0.3, 0.4) is 0 Å². The number of nitrogens with one attached hydrogen (secondary N) is 1. The summed E-state index contributed by atoms with van der Waals surface area (Å²) in [5, 5.41) is 3.31. The summed E-state index contributed by atoms with van der Waals surface area (Å²) in [6.45, 7) is 9.98. The van der Waals surface area contributed by atoms with E-state index in [-0.39, 0.29) is 0 Å². The lowest BCUT2D eigenvalue weighted by molar-refractivity contribution is 0.0343. The Hall–Kier alpha value is -1.13. The molecule has 100 valence electrons. The van der Waals surface area contributed by atoms with Crippen molar-refractivity contribution in [2.75, 3.05) is 24.6 Å². The third-order valence-electron chi connectivity index (χ3n) is 3.30. The molecule has 0 saturated carbocycles. The number of morpholine rings is 1. The van der Waals surface area contributed by atoms with Crippen molar-refractivity contribution in [3.8, 4) is 0 Å². The third kappa shape index (κ3) is 3.21. The first-order chi connectivity index (χ1) is 8.70. The van der Waals surface area contributed by atoms with Crippen molar-refractivity contribution in [2.45, 2.75) is 39.5 Å². The molecule has 2 unspecified atom stereocenters. The molecule has 4 heteroatoms. The van der Waals surface area contributed by atoms with Crippen LogP contribution in [0.25, 0.3) is 0 Å². The van der Waals surface area contributed by atoms with Crippen molar-refractivity contribution in [1.82, 2.24) is 10.3 Å². The number of ether oxygens (including phenoxy) is 1. The van der Waals surface area contributed by atoms with E-state index < -0.39 is 0 Å². The van der Waals surface area contributed by atoms with Gasteiger partial charge < -0.3 is 15.0 Å². The molecule has 1 fully saturated rings. The fraction of sp³-hybridized carbons (Fsp3) is 0.643. The van der Waals surface area contributed by atoms with Gasteiger partial charge in [-0.15, -0.1) is 0 Å². The van der Waals surface area contributed by atoms with Crippen LogP contribution in [0.15, 0.2) is 18.3 Å². The lowest BCUT2D eigenvalue weighted by Gasteiger charge is -2.38. The van der Waals surface area contributed by atoms with Gasteiger partial charge in [-0.3, -0.25) is 4.98 Å². The molecule has 0 amide bonds. The van der Waals surface area contributed by atoms with E-state index in [0.717, 1.165) is 31.9 Å². The second-order valence-corrected chi connectivity index (χ2v) is 4.93. The summed E-state index contributed by atoms with van der Waals surface area (Å²) in [5.41, 5.74) is 2.35. The van der Waals surface area contributed by atoms with Crippen LogP contribution in [0.5, 0.6) is 0 Å². The van der Waals surface area contributed by atoms with Crippen molar-refractivity contribution in [2.24, 2.45) is 0 Å². The van der Waals surface area contributed by atoms with Crippen LogP contribution in [-0.2, 0) is 11.3 Å². The quantitative estimate of drug-likeness (QED) is 0.883. The van der Waals surface area contributed by atoms with E-state index in [2.05, 4.69) is 48.1 Å². The zero-order valence-electron chi connectivity index (χ0n) is 11.5. The summed E-state index contributed by atoms with van der Waals surface area (Å²) in [6, 6.07) is 4.69. The first-order valence-corrected chi connectivity index (χ1v) is 6.74. The second kappa shape index (κ2) is 6.16. The van der Waals surface area contributed by atoms with Gasteiger partial charge in [0.05, 0.1) is 18.4 Å². The molecule has 0 aromatic carbocycles. The molecule has 2 atom stereocenters. The summed E-state index contributed by atoms with van der Waals surface area (Å²) in [7, 11) is 0. The number of anilines is 1. The number of nitrogens with zero attached hydrogens (tertiary/aromatic N) is 2. The average molecular weight is 249 g/mol. The van der Waals surface area contributed by atoms with Crippen molar-refractivity contribution in [1.29, 1.82) is 0 Å². The molecule has 0 aliphatic carbocycles.